The van der Waals surface area contributed by atoms with Gasteiger partial charge in [0.15, 0.2) is 6.61 Å². The lowest BCUT2D eigenvalue weighted by Crippen LogP contribution is -2.28. The number of carbonyl (C=O) groups is 4. The van der Waals surface area contributed by atoms with E-state index in [2.05, 4.69) is 5.32 Å². The van der Waals surface area contributed by atoms with Crippen LogP contribution in [0.15, 0.2) is 54.6 Å². The summed E-state index contributed by atoms with van der Waals surface area (Å²) >= 11 is 1.33. The lowest BCUT2D eigenvalue weighted by atomic mass is 9.95. The van der Waals surface area contributed by atoms with Crippen LogP contribution in [0, 0.1) is 0 Å². The van der Waals surface area contributed by atoms with Crippen molar-refractivity contribution in [3.63, 3.8) is 0 Å². The van der Waals surface area contributed by atoms with E-state index in [4.69, 9.17) is 10.5 Å². The molecule has 8 nitrogen and oxygen atoms in total. The molecule has 0 fully saturated rings. The Labute approximate surface area is 206 Å². The first-order valence-electron chi connectivity index (χ1n) is 11.2. The predicted octanol–water partition coefficient (Wildman–Crippen LogP) is 3.80. The van der Waals surface area contributed by atoms with E-state index in [0.717, 1.165) is 36.1 Å². The van der Waals surface area contributed by atoms with Gasteiger partial charge in [0.1, 0.15) is 5.00 Å². The number of aryl methyl sites for hydroxylation is 1. The molecule has 3 aromatic rings. The Morgan fingerprint density at radius 2 is 1.63 bits per heavy atom. The largest absolute Gasteiger partial charge is 0.452 e. The van der Waals surface area contributed by atoms with Gasteiger partial charge in [-0.05, 0) is 55.5 Å². The van der Waals surface area contributed by atoms with Gasteiger partial charge in [0.25, 0.3) is 17.7 Å². The van der Waals surface area contributed by atoms with E-state index >= 15 is 0 Å². The molecule has 1 aromatic heterocycles. The van der Waals surface area contributed by atoms with Gasteiger partial charge >= 0.3 is 5.97 Å². The number of primary amides is 1. The van der Waals surface area contributed by atoms with Crippen molar-refractivity contribution in [3.8, 4) is 0 Å². The number of anilines is 2. The normalized spacial score (nSPS) is 12.4. The van der Waals surface area contributed by atoms with Crippen molar-refractivity contribution < 1.29 is 23.9 Å². The highest BCUT2D eigenvalue weighted by Crippen LogP contribution is 2.37. The Balaban J connectivity index is 1.44. The van der Waals surface area contributed by atoms with Crippen LogP contribution in [0.1, 0.15) is 54.4 Å². The van der Waals surface area contributed by atoms with Crippen LogP contribution in [-0.4, -0.2) is 37.3 Å². The minimum absolute atomic E-state index is 0.0532. The zero-order valence-electron chi connectivity index (χ0n) is 19.2. The minimum atomic E-state index is -0.800. The van der Waals surface area contributed by atoms with Crippen molar-refractivity contribution >= 4 is 45.7 Å². The molecule has 9 heteroatoms. The van der Waals surface area contributed by atoms with E-state index in [-0.39, 0.29) is 17.0 Å². The second-order valence-electron chi connectivity index (χ2n) is 8.15. The van der Waals surface area contributed by atoms with E-state index < -0.39 is 24.4 Å². The zero-order valence-corrected chi connectivity index (χ0v) is 20.0. The topological polar surface area (TPSA) is 119 Å². The maximum atomic E-state index is 13.0. The number of amides is 3. The summed E-state index contributed by atoms with van der Waals surface area (Å²) in [7, 11) is 1.62. The number of nitrogens with zero attached hydrogens (tertiary/aromatic N) is 1. The summed E-state index contributed by atoms with van der Waals surface area (Å²) in [6.07, 6.45) is 3.57. The Bertz CT molecular complexity index is 1290. The van der Waals surface area contributed by atoms with Gasteiger partial charge in [-0.3, -0.25) is 14.4 Å². The number of thiophene rings is 1. The van der Waals surface area contributed by atoms with Crippen LogP contribution < -0.4 is 16.0 Å². The summed E-state index contributed by atoms with van der Waals surface area (Å²) in [5.74, 6) is -2.37. The van der Waals surface area contributed by atoms with Gasteiger partial charge in [0.05, 0.1) is 16.7 Å². The van der Waals surface area contributed by atoms with Gasteiger partial charge in [-0.25, -0.2) is 4.79 Å². The highest BCUT2D eigenvalue weighted by atomic mass is 32.1. The van der Waals surface area contributed by atoms with Crippen molar-refractivity contribution in [3.05, 3.63) is 81.7 Å². The van der Waals surface area contributed by atoms with E-state index in [1.807, 2.05) is 18.2 Å². The number of fused-ring (bicyclic) bond motifs is 1. The maximum Gasteiger partial charge on any atom is 0.339 e. The molecule has 1 aliphatic rings. The Kier molecular flexibility index (Phi) is 7.26. The quantitative estimate of drug-likeness (QED) is 0.488. The number of nitrogens with one attached hydrogen (secondary N) is 1. The maximum absolute atomic E-state index is 13.0. The molecule has 3 amide bonds. The summed E-state index contributed by atoms with van der Waals surface area (Å²) in [5.41, 5.74) is 7.68. The third-order valence-corrected chi connectivity index (χ3v) is 7.04. The summed E-state index contributed by atoms with van der Waals surface area (Å²) in [5, 5.41) is 3.04. The van der Waals surface area contributed by atoms with Gasteiger partial charge < -0.3 is 20.7 Å². The highest BCUT2D eigenvalue weighted by molar-refractivity contribution is 7.17. The lowest BCUT2D eigenvalue weighted by Gasteiger charge is -2.18. The first kappa shape index (κ1) is 24.2. The Hall–Kier alpha value is -3.98. The number of esters is 1. The van der Waals surface area contributed by atoms with E-state index in [1.54, 1.807) is 31.3 Å². The predicted molar refractivity (Wildman–Crippen MR) is 134 cm³/mol. The van der Waals surface area contributed by atoms with E-state index in [1.165, 1.54) is 28.4 Å². The van der Waals surface area contributed by atoms with Crippen molar-refractivity contribution in [1.29, 1.82) is 0 Å². The molecular weight excluding hydrogens is 466 g/mol. The second kappa shape index (κ2) is 10.5. The number of para-hydroxylation sites is 1. The molecule has 0 saturated heterocycles. The van der Waals surface area contributed by atoms with Gasteiger partial charge in [-0.2, -0.15) is 0 Å². The zero-order chi connectivity index (χ0) is 24.9. The fourth-order valence-corrected chi connectivity index (χ4v) is 5.39. The van der Waals surface area contributed by atoms with Crippen LogP contribution in [0.25, 0.3) is 0 Å². The molecule has 4 rings (SSSR count). The number of hydrogen-bond acceptors (Lipinski definition) is 6. The molecule has 35 heavy (non-hydrogen) atoms. The fraction of sp³-hybridized carbons (Fsp3) is 0.231. The van der Waals surface area contributed by atoms with Crippen LogP contribution in [0.4, 0.5) is 10.7 Å². The molecular formula is C26H25N3O5S. The van der Waals surface area contributed by atoms with Crippen LogP contribution in [0.5, 0.6) is 0 Å². The molecule has 0 bridgehead atoms. The lowest BCUT2D eigenvalue weighted by molar-refractivity contribution is -0.119. The third kappa shape index (κ3) is 5.25. The fourth-order valence-electron chi connectivity index (χ4n) is 4.08. The molecule has 2 aromatic carbocycles. The van der Waals surface area contributed by atoms with E-state index in [0.29, 0.717) is 16.3 Å². The average molecular weight is 492 g/mol. The molecule has 1 aliphatic carbocycles. The summed E-state index contributed by atoms with van der Waals surface area (Å²) in [4.78, 5) is 52.8. The average Bonchev–Trinajstić information content (AvgIpc) is 3.24. The first-order chi connectivity index (χ1) is 16.9. The van der Waals surface area contributed by atoms with Gasteiger partial charge in [-0.15, -0.1) is 11.3 Å². The molecule has 0 radical (unpaired) electrons. The number of ether oxygens (including phenoxy) is 1. The highest BCUT2D eigenvalue weighted by Gasteiger charge is 2.26. The SMILES string of the molecule is CN(C(=O)c1ccccc1C(=O)OCC(=O)Nc1sc2c(c1C(N)=O)CCCC2)c1ccccc1. The molecule has 0 saturated carbocycles. The standard InChI is InChI=1S/C26H25N3O5S/c1-29(16-9-3-2-4-10-16)25(32)17-11-5-6-12-18(17)26(33)34-15-21(30)28-24-22(23(27)31)19-13-7-8-14-20(19)35-24/h2-6,9-12H,7-8,13-15H2,1H3,(H2,27,31)(H,28,30). The minimum Gasteiger partial charge on any atom is -0.452 e. The van der Waals surface area contributed by atoms with Crippen LogP contribution >= 0.6 is 11.3 Å². The third-order valence-electron chi connectivity index (χ3n) is 5.83. The van der Waals surface area contributed by atoms with Crippen LogP contribution in [-0.2, 0) is 22.4 Å². The number of rotatable bonds is 7. The van der Waals surface area contributed by atoms with Crippen molar-refractivity contribution in [2.45, 2.75) is 25.7 Å². The van der Waals surface area contributed by atoms with Crippen LogP contribution in [0.3, 0.4) is 0 Å². The summed E-state index contributed by atoms with van der Waals surface area (Å²) in [6, 6.07) is 15.3. The monoisotopic (exact) mass is 491 g/mol. The number of carbonyl (C=O) groups excluding carboxylic acids is 4. The van der Waals surface area contributed by atoms with Gasteiger partial charge in [0.2, 0.25) is 0 Å². The smallest absolute Gasteiger partial charge is 0.339 e. The number of nitrogens with two attached hydrogens (primary N) is 1. The van der Waals surface area contributed by atoms with Gasteiger partial charge in [0, 0.05) is 17.6 Å². The van der Waals surface area contributed by atoms with E-state index in [9.17, 15) is 19.2 Å². The molecule has 180 valence electrons. The number of hydrogen-bond donors (Lipinski definition) is 2. The Morgan fingerprint density at radius 1 is 0.971 bits per heavy atom. The molecule has 0 spiro atoms. The molecule has 0 aliphatic heterocycles. The van der Waals surface area contributed by atoms with Crippen LogP contribution in [0.2, 0.25) is 0 Å². The summed E-state index contributed by atoms with van der Waals surface area (Å²) < 4.78 is 5.21. The second-order valence-corrected chi connectivity index (χ2v) is 9.25. The van der Waals surface area contributed by atoms with Crippen molar-refractivity contribution in [2.75, 3.05) is 23.9 Å². The number of benzene rings is 2. The van der Waals surface area contributed by atoms with Crippen molar-refractivity contribution in [2.24, 2.45) is 5.73 Å². The first-order valence-corrected chi connectivity index (χ1v) is 12.0. The molecule has 0 atom stereocenters. The summed E-state index contributed by atoms with van der Waals surface area (Å²) in [6.45, 7) is -0.573. The van der Waals surface area contributed by atoms with Crippen molar-refractivity contribution in [1.82, 2.24) is 0 Å². The molecule has 1 heterocycles. The molecule has 3 N–H and O–H groups in total. The van der Waals surface area contributed by atoms with Gasteiger partial charge in [-0.1, -0.05) is 30.3 Å². The Morgan fingerprint density at radius 3 is 2.34 bits per heavy atom. The molecule has 0 unspecified atom stereocenters.